The number of imidazole rings is 1. The fraction of sp³-hybridized carbons (Fsp3) is 0.360. The Morgan fingerprint density at radius 1 is 1.21 bits per heavy atom. The zero-order valence-corrected chi connectivity index (χ0v) is 19.1. The predicted molar refractivity (Wildman–Crippen MR) is 123 cm³/mol. The Balaban J connectivity index is 1.30. The van der Waals surface area contributed by atoms with E-state index in [2.05, 4.69) is 19.7 Å². The molecule has 1 saturated heterocycles. The molecule has 4 aromatic rings. The molecule has 1 amide bonds. The molecular formula is C25H27N5O3. The van der Waals surface area contributed by atoms with Gasteiger partial charge in [-0.3, -0.25) is 4.79 Å². The molecule has 33 heavy (non-hydrogen) atoms. The molecule has 8 heteroatoms. The summed E-state index contributed by atoms with van der Waals surface area (Å²) in [5, 5.41) is 4.96. The standard InChI is InChI=1S/C25H27N5O3/c1-16-20(17(2)33-28-16)15-30-13-10-26-24(30)18-8-11-29(12-9-18)25(31)22-14-23(32-3)19-6-4-5-7-21(19)27-22/h4-7,10,13-14,18H,8-9,11-12,15H2,1-3H3. The fourth-order valence-electron chi connectivity index (χ4n) is 4.64. The quantitative estimate of drug-likeness (QED) is 0.459. The average molecular weight is 446 g/mol. The van der Waals surface area contributed by atoms with E-state index in [-0.39, 0.29) is 5.91 Å². The normalized spacial score (nSPS) is 14.7. The lowest BCUT2D eigenvalue weighted by Gasteiger charge is -2.32. The monoisotopic (exact) mass is 445 g/mol. The van der Waals surface area contributed by atoms with E-state index in [4.69, 9.17) is 9.26 Å². The minimum atomic E-state index is -0.0587. The summed E-state index contributed by atoms with van der Waals surface area (Å²) in [4.78, 5) is 24.4. The summed E-state index contributed by atoms with van der Waals surface area (Å²) in [5.74, 6) is 2.79. The number of carbonyl (C=O) groups is 1. The van der Waals surface area contributed by atoms with E-state index in [0.717, 1.165) is 46.6 Å². The molecule has 3 aromatic heterocycles. The van der Waals surface area contributed by atoms with Crippen molar-refractivity contribution in [1.82, 2.24) is 24.6 Å². The van der Waals surface area contributed by atoms with Gasteiger partial charge in [-0.05, 0) is 38.8 Å². The highest BCUT2D eigenvalue weighted by Crippen LogP contribution is 2.30. The van der Waals surface area contributed by atoms with Crippen molar-refractivity contribution in [3.8, 4) is 5.75 Å². The van der Waals surface area contributed by atoms with Crippen LogP contribution in [0, 0.1) is 13.8 Å². The maximum Gasteiger partial charge on any atom is 0.272 e. The molecule has 5 rings (SSSR count). The molecule has 0 bridgehead atoms. The van der Waals surface area contributed by atoms with Crippen LogP contribution in [-0.2, 0) is 6.54 Å². The molecule has 1 aliphatic rings. The number of aryl methyl sites for hydroxylation is 2. The lowest BCUT2D eigenvalue weighted by molar-refractivity contribution is 0.0704. The summed E-state index contributed by atoms with van der Waals surface area (Å²) < 4.78 is 13.0. The van der Waals surface area contributed by atoms with E-state index in [9.17, 15) is 4.79 Å². The molecule has 8 nitrogen and oxygen atoms in total. The van der Waals surface area contributed by atoms with Gasteiger partial charge in [-0.15, -0.1) is 0 Å². The number of piperidine rings is 1. The van der Waals surface area contributed by atoms with Crippen molar-refractivity contribution in [2.45, 2.75) is 39.2 Å². The summed E-state index contributed by atoms with van der Waals surface area (Å²) in [5.41, 5.74) is 3.18. The Labute approximate surface area is 192 Å². The number of ether oxygens (including phenoxy) is 1. The van der Waals surface area contributed by atoms with Crippen molar-refractivity contribution in [3.63, 3.8) is 0 Å². The van der Waals surface area contributed by atoms with E-state index in [0.29, 0.717) is 37.0 Å². The molecule has 0 N–H and O–H groups in total. The summed E-state index contributed by atoms with van der Waals surface area (Å²) in [6.45, 7) is 5.92. The van der Waals surface area contributed by atoms with E-state index < -0.39 is 0 Å². The van der Waals surface area contributed by atoms with Gasteiger partial charge in [0, 0.05) is 48.4 Å². The van der Waals surface area contributed by atoms with Crippen LogP contribution in [0.1, 0.15) is 52.1 Å². The summed E-state index contributed by atoms with van der Waals surface area (Å²) >= 11 is 0. The summed E-state index contributed by atoms with van der Waals surface area (Å²) in [6.07, 6.45) is 5.56. The third kappa shape index (κ3) is 3.97. The van der Waals surface area contributed by atoms with Gasteiger partial charge in [-0.2, -0.15) is 0 Å². The van der Waals surface area contributed by atoms with E-state index in [1.165, 1.54) is 0 Å². The number of carbonyl (C=O) groups excluding carboxylic acids is 1. The Morgan fingerprint density at radius 2 is 2.00 bits per heavy atom. The highest BCUT2D eigenvalue weighted by atomic mass is 16.5. The molecule has 0 atom stereocenters. The maximum absolute atomic E-state index is 13.2. The van der Waals surface area contributed by atoms with Crippen molar-refractivity contribution in [3.05, 3.63) is 71.3 Å². The Morgan fingerprint density at radius 3 is 2.73 bits per heavy atom. The second-order valence-electron chi connectivity index (χ2n) is 8.51. The number of nitrogens with zero attached hydrogens (tertiary/aromatic N) is 5. The van der Waals surface area contributed by atoms with Gasteiger partial charge in [0.15, 0.2) is 0 Å². The van der Waals surface area contributed by atoms with Crippen molar-refractivity contribution in [2.75, 3.05) is 20.2 Å². The number of hydrogen-bond donors (Lipinski definition) is 0. The number of aromatic nitrogens is 4. The summed E-state index contributed by atoms with van der Waals surface area (Å²) in [7, 11) is 1.62. The van der Waals surface area contributed by atoms with Crippen molar-refractivity contribution in [1.29, 1.82) is 0 Å². The number of methoxy groups -OCH3 is 1. The Hall–Kier alpha value is -3.68. The number of rotatable bonds is 5. The molecule has 170 valence electrons. The number of amides is 1. The zero-order chi connectivity index (χ0) is 22.9. The van der Waals surface area contributed by atoms with Gasteiger partial charge in [0.2, 0.25) is 0 Å². The van der Waals surface area contributed by atoms with Crippen LogP contribution in [0.4, 0.5) is 0 Å². The molecular weight excluding hydrogens is 418 g/mol. The molecule has 0 spiro atoms. The fourth-order valence-corrected chi connectivity index (χ4v) is 4.64. The summed E-state index contributed by atoms with van der Waals surface area (Å²) in [6, 6.07) is 9.45. The molecule has 0 radical (unpaired) electrons. The third-order valence-corrected chi connectivity index (χ3v) is 6.52. The van der Waals surface area contributed by atoms with Gasteiger partial charge in [0.1, 0.15) is 23.0 Å². The van der Waals surface area contributed by atoms with E-state index >= 15 is 0 Å². The first-order chi connectivity index (χ1) is 16.0. The van der Waals surface area contributed by atoms with Gasteiger partial charge in [-0.25, -0.2) is 9.97 Å². The minimum absolute atomic E-state index is 0.0587. The van der Waals surface area contributed by atoms with Gasteiger partial charge >= 0.3 is 0 Å². The van der Waals surface area contributed by atoms with Crippen LogP contribution < -0.4 is 4.74 Å². The highest BCUT2D eigenvalue weighted by molar-refractivity contribution is 5.97. The zero-order valence-electron chi connectivity index (χ0n) is 19.1. The first-order valence-corrected chi connectivity index (χ1v) is 11.2. The van der Waals surface area contributed by atoms with Gasteiger partial charge in [0.25, 0.3) is 5.91 Å². The van der Waals surface area contributed by atoms with E-state index in [1.54, 1.807) is 13.2 Å². The second-order valence-corrected chi connectivity index (χ2v) is 8.51. The molecule has 1 aliphatic heterocycles. The average Bonchev–Trinajstić information content (AvgIpc) is 3.45. The van der Waals surface area contributed by atoms with E-state index in [1.807, 2.05) is 55.4 Å². The topological polar surface area (TPSA) is 86.3 Å². The minimum Gasteiger partial charge on any atom is -0.496 e. The molecule has 0 saturated carbocycles. The Bertz CT molecular complexity index is 1280. The number of fused-ring (bicyclic) bond motifs is 1. The van der Waals surface area contributed by atoms with Gasteiger partial charge in [-0.1, -0.05) is 17.3 Å². The van der Waals surface area contributed by atoms with Crippen LogP contribution in [0.2, 0.25) is 0 Å². The molecule has 0 unspecified atom stereocenters. The number of benzene rings is 1. The third-order valence-electron chi connectivity index (χ3n) is 6.52. The van der Waals surface area contributed by atoms with Crippen molar-refractivity contribution >= 4 is 16.8 Å². The van der Waals surface area contributed by atoms with Crippen LogP contribution in [0.5, 0.6) is 5.75 Å². The molecule has 1 aromatic carbocycles. The van der Waals surface area contributed by atoms with Crippen LogP contribution in [0.15, 0.2) is 47.2 Å². The first-order valence-electron chi connectivity index (χ1n) is 11.2. The maximum atomic E-state index is 13.2. The van der Waals surface area contributed by atoms with Crippen molar-refractivity contribution in [2.24, 2.45) is 0 Å². The molecule has 0 aliphatic carbocycles. The van der Waals surface area contributed by atoms with Crippen molar-refractivity contribution < 1.29 is 14.1 Å². The van der Waals surface area contributed by atoms with Crippen LogP contribution >= 0.6 is 0 Å². The number of pyridine rings is 1. The lowest BCUT2D eigenvalue weighted by Crippen LogP contribution is -2.38. The second kappa shape index (κ2) is 8.69. The largest absolute Gasteiger partial charge is 0.496 e. The van der Waals surface area contributed by atoms with Crippen LogP contribution in [0.3, 0.4) is 0 Å². The molecule has 1 fully saturated rings. The van der Waals surface area contributed by atoms with Gasteiger partial charge < -0.3 is 18.7 Å². The number of para-hydroxylation sites is 1. The number of hydrogen-bond acceptors (Lipinski definition) is 6. The predicted octanol–water partition coefficient (Wildman–Crippen LogP) is 4.11. The highest BCUT2D eigenvalue weighted by Gasteiger charge is 2.28. The lowest BCUT2D eigenvalue weighted by atomic mass is 9.95. The smallest absolute Gasteiger partial charge is 0.272 e. The molecule has 4 heterocycles. The number of likely N-dealkylation sites (tertiary alicyclic amines) is 1. The first kappa shape index (κ1) is 21.2. The van der Waals surface area contributed by atoms with Gasteiger partial charge in [0.05, 0.1) is 24.9 Å². The Kier molecular flexibility index (Phi) is 5.58. The SMILES string of the molecule is COc1cc(C(=O)N2CCC(c3nccn3Cc3c(C)noc3C)CC2)nc2ccccc12. The van der Waals surface area contributed by atoms with Crippen LogP contribution in [-0.4, -0.2) is 50.7 Å². The van der Waals surface area contributed by atoms with Crippen LogP contribution in [0.25, 0.3) is 10.9 Å².